The highest BCUT2D eigenvalue weighted by molar-refractivity contribution is 8.06. The molecule has 1 rings (SSSR count). The summed E-state index contributed by atoms with van der Waals surface area (Å²) < 4.78 is 47.6. The van der Waals surface area contributed by atoms with E-state index in [2.05, 4.69) is 4.72 Å². The van der Waals surface area contributed by atoms with Crippen molar-refractivity contribution in [2.75, 3.05) is 11.3 Å². The summed E-state index contributed by atoms with van der Waals surface area (Å²) in [6.45, 7) is 0. The average molecular weight is 283 g/mol. The lowest BCUT2D eigenvalue weighted by molar-refractivity contribution is 0.498. The largest absolute Gasteiger partial charge is 0.386 e. The molecule has 9 heteroatoms. The topological polar surface area (TPSA) is 130 Å². The quantitative estimate of drug-likeness (QED) is 0.447. The van der Waals surface area contributed by atoms with Crippen LogP contribution in [0.1, 0.15) is 25.7 Å². The fourth-order valence-corrected chi connectivity index (χ4v) is 5.41. The molecule has 1 fully saturated rings. The van der Waals surface area contributed by atoms with E-state index in [0.29, 0.717) is 12.8 Å². The molecule has 0 unspecified atom stereocenters. The van der Waals surface area contributed by atoms with Crippen LogP contribution in [0.2, 0.25) is 0 Å². The second-order valence-electron chi connectivity index (χ2n) is 4.46. The maximum absolute atomic E-state index is 11.7. The van der Waals surface area contributed by atoms with Gasteiger partial charge in [0.2, 0.25) is 10.0 Å². The van der Waals surface area contributed by atoms with Gasteiger partial charge < -0.3 is 5.73 Å². The van der Waals surface area contributed by atoms with Crippen LogP contribution < -0.4 is 10.5 Å². The lowest BCUT2D eigenvalue weighted by atomic mass is 9.98. The van der Waals surface area contributed by atoms with Crippen molar-refractivity contribution >= 4 is 25.7 Å². The molecule has 1 saturated carbocycles. The van der Waals surface area contributed by atoms with Gasteiger partial charge in [0.05, 0.1) is 5.54 Å². The van der Waals surface area contributed by atoms with Crippen molar-refractivity contribution in [3.8, 4) is 0 Å². The number of sulfone groups is 1. The standard InChI is InChI=1S/C8H17N3O4S2/c1-16(12,13)6-17(14,15)11-8(7(9)10)4-2-3-5-8/h11H,2-6H2,1H3,(H3,9,10). The first-order valence-corrected chi connectivity index (χ1v) is 8.81. The Morgan fingerprint density at radius 2 is 1.76 bits per heavy atom. The van der Waals surface area contributed by atoms with Crippen molar-refractivity contribution in [3.63, 3.8) is 0 Å². The summed E-state index contributed by atoms with van der Waals surface area (Å²) in [7, 11) is -7.62. The van der Waals surface area contributed by atoms with Crippen molar-refractivity contribution in [2.24, 2.45) is 5.73 Å². The van der Waals surface area contributed by atoms with Crippen molar-refractivity contribution in [3.05, 3.63) is 0 Å². The smallest absolute Gasteiger partial charge is 0.226 e. The molecule has 0 aromatic heterocycles. The Hall–Kier alpha value is -0.670. The molecule has 1 aliphatic rings. The van der Waals surface area contributed by atoms with Gasteiger partial charge in [0, 0.05) is 6.26 Å². The van der Waals surface area contributed by atoms with E-state index in [1.807, 2.05) is 0 Å². The highest BCUT2D eigenvalue weighted by Gasteiger charge is 2.41. The zero-order chi connectivity index (χ0) is 13.3. The lowest BCUT2D eigenvalue weighted by Crippen LogP contribution is -2.56. The van der Waals surface area contributed by atoms with Crippen LogP contribution in [0.15, 0.2) is 0 Å². The van der Waals surface area contributed by atoms with Crippen LogP contribution in [0.25, 0.3) is 0 Å². The second kappa shape index (κ2) is 4.54. The van der Waals surface area contributed by atoms with E-state index in [1.54, 1.807) is 0 Å². The van der Waals surface area contributed by atoms with Gasteiger partial charge >= 0.3 is 0 Å². The molecule has 17 heavy (non-hydrogen) atoms. The van der Waals surface area contributed by atoms with Gasteiger partial charge in [-0.05, 0) is 12.8 Å². The Bertz CT molecular complexity index is 503. The number of hydrogen-bond acceptors (Lipinski definition) is 5. The second-order valence-corrected chi connectivity index (χ2v) is 8.69. The molecular weight excluding hydrogens is 266 g/mol. The monoisotopic (exact) mass is 283 g/mol. The van der Waals surface area contributed by atoms with Crippen molar-refractivity contribution in [2.45, 2.75) is 31.2 Å². The predicted molar refractivity (Wildman–Crippen MR) is 64.9 cm³/mol. The van der Waals surface area contributed by atoms with Gasteiger partial charge in [-0.3, -0.25) is 5.41 Å². The summed E-state index contributed by atoms with van der Waals surface area (Å²) >= 11 is 0. The van der Waals surface area contributed by atoms with Crippen molar-refractivity contribution in [1.82, 2.24) is 4.72 Å². The summed E-state index contributed by atoms with van der Waals surface area (Å²) in [5.41, 5.74) is 4.32. The van der Waals surface area contributed by atoms with Crippen LogP contribution in [0.3, 0.4) is 0 Å². The average Bonchev–Trinajstić information content (AvgIpc) is 2.47. The normalized spacial score (nSPS) is 20.3. The molecule has 0 amide bonds. The highest BCUT2D eigenvalue weighted by atomic mass is 32.3. The van der Waals surface area contributed by atoms with Crippen LogP contribution in [-0.4, -0.2) is 39.6 Å². The first kappa shape index (κ1) is 14.4. The van der Waals surface area contributed by atoms with Crippen LogP contribution in [0.4, 0.5) is 0 Å². The fraction of sp³-hybridized carbons (Fsp3) is 0.875. The number of hydrogen-bond donors (Lipinski definition) is 3. The van der Waals surface area contributed by atoms with Gasteiger partial charge in [0.1, 0.15) is 5.84 Å². The molecule has 100 valence electrons. The summed E-state index contributed by atoms with van der Waals surface area (Å²) in [6, 6.07) is 0. The molecule has 0 aromatic carbocycles. The lowest BCUT2D eigenvalue weighted by Gasteiger charge is -2.28. The first-order valence-electron chi connectivity index (χ1n) is 5.10. The van der Waals surface area contributed by atoms with E-state index in [9.17, 15) is 16.8 Å². The van der Waals surface area contributed by atoms with Gasteiger partial charge in [0.25, 0.3) is 0 Å². The van der Waals surface area contributed by atoms with E-state index < -0.39 is 30.5 Å². The van der Waals surface area contributed by atoms with Crippen molar-refractivity contribution < 1.29 is 16.8 Å². The van der Waals surface area contributed by atoms with Crippen molar-refractivity contribution in [1.29, 1.82) is 5.41 Å². The third-order valence-electron chi connectivity index (χ3n) is 2.69. The van der Waals surface area contributed by atoms with Crippen LogP contribution >= 0.6 is 0 Å². The SMILES string of the molecule is CS(=O)(=O)CS(=O)(=O)NC1(C(=N)N)CCCC1. The zero-order valence-corrected chi connectivity index (χ0v) is 11.2. The molecule has 0 atom stereocenters. The third-order valence-corrected chi connectivity index (χ3v) is 6.35. The molecular formula is C8H17N3O4S2. The Morgan fingerprint density at radius 3 is 2.12 bits per heavy atom. The fourth-order valence-electron chi connectivity index (χ4n) is 2.01. The number of sulfonamides is 1. The van der Waals surface area contributed by atoms with Gasteiger partial charge in [0.15, 0.2) is 14.9 Å². The van der Waals surface area contributed by atoms with Crippen LogP contribution in [0.5, 0.6) is 0 Å². The minimum Gasteiger partial charge on any atom is -0.386 e. The Balaban J connectivity index is 2.92. The first-order chi connectivity index (χ1) is 7.56. The molecule has 1 aliphatic carbocycles. The summed E-state index contributed by atoms with van der Waals surface area (Å²) in [4.78, 5) is 0. The van der Waals surface area contributed by atoms with E-state index in [-0.39, 0.29) is 5.84 Å². The minimum atomic E-state index is -3.98. The predicted octanol–water partition coefficient (Wildman–Crippen LogP) is -0.843. The molecule has 0 aromatic rings. The molecule has 0 heterocycles. The molecule has 0 spiro atoms. The molecule has 0 aliphatic heterocycles. The maximum atomic E-state index is 11.7. The molecule has 0 radical (unpaired) electrons. The number of amidine groups is 1. The van der Waals surface area contributed by atoms with E-state index >= 15 is 0 Å². The summed E-state index contributed by atoms with van der Waals surface area (Å²) in [5.74, 6) is -0.257. The van der Waals surface area contributed by atoms with E-state index in [0.717, 1.165) is 19.1 Å². The molecule has 4 N–H and O–H groups in total. The van der Waals surface area contributed by atoms with Gasteiger partial charge in [-0.1, -0.05) is 12.8 Å². The van der Waals surface area contributed by atoms with Crippen LogP contribution in [-0.2, 0) is 19.9 Å². The molecule has 0 bridgehead atoms. The van der Waals surface area contributed by atoms with E-state index in [1.165, 1.54) is 0 Å². The number of rotatable bonds is 5. The number of nitrogens with one attached hydrogen (secondary N) is 2. The maximum Gasteiger partial charge on any atom is 0.226 e. The van der Waals surface area contributed by atoms with Gasteiger partial charge in [-0.25, -0.2) is 21.6 Å². The van der Waals surface area contributed by atoms with Crippen LogP contribution in [0, 0.1) is 5.41 Å². The Morgan fingerprint density at radius 1 is 1.29 bits per heavy atom. The number of nitrogens with two attached hydrogens (primary N) is 1. The Labute approximate surface area is 101 Å². The third kappa shape index (κ3) is 3.93. The van der Waals surface area contributed by atoms with E-state index in [4.69, 9.17) is 11.1 Å². The minimum absolute atomic E-state index is 0.257. The highest BCUT2D eigenvalue weighted by Crippen LogP contribution is 2.30. The summed E-state index contributed by atoms with van der Waals surface area (Å²) in [6.07, 6.45) is 3.25. The Kier molecular flexibility index (Phi) is 3.84. The van der Waals surface area contributed by atoms with Gasteiger partial charge in [-0.2, -0.15) is 0 Å². The van der Waals surface area contributed by atoms with Gasteiger partial charge in [-0.15, -0.1) is 0 Å². The molecule has 0 saturated heterocycles. The zero-order valence-electron chi connectivity index (χ0n) is 9.56. The molecule has 7 nitrogen and oxygen atoms in total. The summed E-state index contributed by atoms with van der Waals surface area (Å²) in [5, 5.41) is 6.47.